The summed E-state index contributed by atoms with van der Waals surface area (Å²) in [4.78, 5) is 4.72. The molecule has 0 amide bonds. The maximum atomic E-state index is 5.08. The zero-order valence-electron chi connectivity index (χ0n) is 28.2. The maximum absolute atomic E-state index is 5.08. The minimum atomic E-state index is 0. The molecule has 9 rings (SSSR count). The van der Waals surface area contributed by atoms with Gasteiger partial charge >= 0.3 is 20.1 Å². The molecule has 9 aromatic rings. The van der Waals surface area contributed by atoms with Crippen LogP contribution in [-0.4, -0.2) is 66.3 Å². The molecule has 52 heavy (non-hydrogen) atoms. The summed E-state index contributed by atoms with van der Waals surface area (Å²) in [5, 5.41) is 26.2. The third-order valence-electron chi connectivity index (χ3n) is 7.52. The van der Waals surface area contributed by atoms with E-state index in [2.05, 4.69) is 48.8 Å². The molecule has 0 N–H and O–H groups in total. The fraction of sp³-hybridized carbons (Fsp3) is 0.0769. The molecule has 0 bridgehead atoms. The van der Waals surface area contributed by atoms with E-state index in [0.29, 0.717) is 0 Å². The maximum Gasteiger partial charge on any atom is 3.00 e. The standard InChI is InChI=1S/3C13H10N3O.Ir/c3*1-17-11-8-6-10(7-9-11)16-14-12-4-2-3-5-13(12)15-16;/h3*2-6,8-9H,1H3;/q3*-1;+3. The van der Waals surface area contributed by atoms with Gasteiger partial charge in [0.1, 0.15) is 33.1 Å². The Labute approximate surface area is 312 Å². The van der Waals surface area contributed by atoms with E-state index in [4.69, 9.17) is 14.2 Å². The van der Waals surface area contributed by atoms with Crippen LogP contribution < -0.4 is 14.2 Å². The number of hydrogen-bond donors (Lipinski definition) is 0. The molecule has 0 fully saturated rings. The van der Waals surface area contributed by atoms with Crippen molar-refractivity contribution in [3.63, 3.8) is 0 Å². The Morgan fingerprint density at radius 1 is 0.365 bits per heavy atom. The van der Waals surface area contributed by atoms with Gasteiger partial charge in [0.25, 0.3) is 0 Å². The van der Waals surface area contributed by atoms with Crippen LogP contribution in [-0.2, 0) is 20.1 Å². The molecule has 12 nitrogen and oxygen atoms in total. The Hall–Kier alpha value is -6.43. The van der Waals surface area contributed by atoms with E-state index in [-0.39, 0.29) is 20.1 Å². The molecule has 0 radical (unpaired) electrons. The number of methoxy groups -OCH3 is 3. The van der Waals surface area contributed by atoms with Crippen molar-refractivity contribution in [1.82, 2.24) is 45.0 Å². The third kappa shape index (κ3) is 8.13. The summed E-state index contributed by atoms with van der Waals surface area (Å²) >= 11 is 0. The van der Waals surface area contributed by atoms with E-state index in [0.717, 1.165) is 67.4 Å². The number of nitrogens with zero attached hydrogens (tertiary/aromatic N) is 9. The quantitative estimate of drug-likeness (QED) is 0.169. The van der Waals surface area contributed by atoms with Crippen LogP contribution in [0.5, 0.6) is 17.2 Å². The van der Waals surface area contributed by atoms with Crippen molar-refractivity contribution in [2.75, 3.05) is 21.3 Å². The zero-order chi connectivity index (χ0) is 35.0. The van der Waals surface area contributed by atoms with E-state index in [9.17, 15) is 0 Å². The van der Waals surface area contributed by atoms with Crippen LogP contribution in [0, 0.1) is 18.2 Å². The monoisotopic (exact) mass is 865 g/mol. The van der Waals surface area contributed by atoms with E-state index >= 15 is 0 Å². The summed E-state index contributed by atoms with van der Waals surface area (Å²) in [5.74, 6) is 2.31. The fourth-order valence-electron chi connectivity index (χ4n) is 4.86. The molecule has 3 aromatic heterocycles. The van der Waals surface area contributed by atoms with Crippen molar-refractivity contribution in [1.29, 1.82) is 0 Å². The Morgan fingerprint density at radius 3 is 0.769 bits per heavy atom. The predicted molar refractivity (Wildman–Crippen MR) is 193 cm³/mol. The summed E-state index contributed by atoms with van der Waals surface area (Å²) in [6, 6.07) is 49.0. The third-order valence-corrected chi connectivity index (χ3v) is 7.52. The van der Waals surface area contributed by atoms with Gasteiger partial charge in [-0.25, -0.2) is 0 Å². The van der Waals surface area contributed by atoms with Gasteiger partial charge in [0.2, 0.25) is 0 Å². The van der Waals surface area contributed by atoms with Crippen molar-refractivity contribution in [2.24, 2.45) is 0 Å². The molecular formula is C39H30IrN9O3. The number of hydrogen-bond acceptors (Lipinski definition) is 9. The van der Waals surface area contributed by atoms with Crippen molar-refractivity contribution in [3.05, 3.63) is 146 Å². The number of rotatable bonds is 6. The number of fused-ring (bicyclic) bond motifs is 3. The number of ether oxygens (including phenoxy) is 3. The van der Waals surface area contributed by atoms with Crippen LogP contribution in [0.1, 0.15) is 0 Å². The van der Waals surface area contributed by atoms with Gasteiger partial charge in [0.15, 0.2) is 0 Å². The molecule has 13 heteroatoms. The average Bonchev–Trinajstić information content (AvgIpc) is 3.96. The Bertz CT molecular complexity index is 2120. The van der Waals surface area contributed by atoms with Gasteiger partial charge in [-0.05, 0) is 53.5 Å². The average molecular weight is 865 g/mol. The summed E-state index contributed by atoms with van der Waals surface area (Å²) in [6.07, 6.45) is 0. The van der Waals surface area contributed by atoms with Crippen LogP contribution in [0.4, 0.5) is 0 Å². The van der Waals surface area contributed by atoms with Gasteiger partial charge in [-0.2, -0.15) is 63.2 Å². The molecule has 0 aliphatic heterocycles. The van der Waals surface area contributed by atoms with Gasteiger partial charge in [-0.3, -0.25) is 0 Å². The second-order valence-electron chi connectivity index (χ2n) is 10.8. The molecule has 0 aliphatic carbocycles. The van der Waals surface area contributed by atoms with Gasteiger partial charge in [0.05, 0.1) is 21.3 Å². The Balaban J connectivity index is 0.000000133. The second-order valence-corrected chi connectivity index (χ2v) is 10.8. The van der Waals surface area contributed by atoms with E-state index in [1.165, 1.54) is 0 Å². The Kier molecular flexibility index (Phi) is 11.2. The summed E-state index contributed by atoms with van der Waals surface area (Å²) in [5.41, 5.74) is 7.61. The van der Waals surface area contributed by atoms with Crippen molar-refractivity contribution >= 4 is 33.1 Å². The fourth-order valence-corrected chi connectivity index (χ4v) is 4.86. The first kappa shape index (κ1) is 35.4. The minimum Gasteiger partial charge on any atom is -0.554 e. The molecule has 0 spiro atoms. The smallest absolute Gasteiger partial charge is 0.554 e. The Morgan fingerprint density at radius 2 is 0.596 bits per heavy atom. The second kappa shape index (κ2) is 16.5. The van der Waals surface area contributed by atoms with Crippen LogP contribution in [0.15, 0.2) is 127 Å². The van der Waals surface area contributed by atoms with Crippen LogP contribution in [0.2, 0.25) is 0 Å². The first-order valence-electron chi connectivity index (χ1n) is 15.7. The molecule has 0 saturated carbocycles. The molecule has 0 atom stereocenters. The molecule has 258 valence electrons. The molecule has 0 saturated heterocycles. The van der Waals surface area contributed by atoms with E-state index in [1.54, 1.807) is 53.9 Å². The number of aromatic nitrogens is 9. The van der Waals surface area contributed by atoms with Gasteiger partial charge in [-0.15, -0.1) is 54.6 Å². The zero-order valence-corrected chi connectivity index (χ0v) is 30.6. The number of benzene rings is 6. The van der Waals surface area contributed by atoms with E-state index in [1.807, 2.05) is 109 Å². The molecule has 3 heterocycles. The van der Waals surface area contributed by atoms with Gasteiger partial charge in [0, 0.05) is 17.2 Å². The SMILES string of the molecule is COc1c[c-]c(-n2nc3ccccc3n2)cc1.COc1c[c-]c(-n2nc3ccccc3n2)cc1.COc1c[c-]c(-n2nc3ccccc3n2)cc1.[Ir+3]. The van der Waals surface area contributed by atoms with Crippen molar-refractivity contribution in [3.8, 4) is 34.3 Å². The van der Waals surface area contributed by atoms with Crippen LogP contribution in [0.25, 0.3) is 50.2 Å². The van der Waals surface area contributed by atoms with Gasteiger partial charge < -0.3 is 14.2 Å². The van der Waals surface area contributed by atoms with Crippen molar-refractivity contribution in [2.45, 2.75) is 0 Å². The van der Waals surface area contributed by atoms with Crippen molar-refractivity contribution < 1.29 is 34.3 Å². The largest absolute Gasteiger partial charge is 3.00 e. The predicted octanol–water partition coefficient (Wildman–Crippen LogP) is 6.69. The van der Waals surface area contributed by atoms with Crippen LogP contribution >= 0.6 is 0 Å². The minimum absolute atomic E-state index is 0. The molecule has 0 aliphatic rings. The van der Waals surface area contributed by atoms with Gasteiger partial charge in [-0.1, -0.05) is 36.4 Å². The van der Waals surface area contributed by atoms with E-state index < -0.39 is 0 Å². The van der Waals surface area contributed by atoms with Crippen LogP contribution in [0.3, 0.4) is 0 Å². The molecule has 0 unspecified atom stereocenters. The normalized spacial score (nSPS) is 10.4. The first-order valence-corrected chi connectivity index (χ1v) is 15.7. The molecular weight excluding hydrogens is 835 g/mol. The summed E-state index contributed by atoms with van der Waals surface area (Å²) < 4.78 is 15.2. The summed E-state index contributed by atoms with van der Waals surface area (Å²) in [7, 11) is 4.88. The topological polar surface area (TPSA) is 120 Å². The first-order chi connectivity index (χ1) is 25.1. The summed E-state index contributed by atoms with van der Waals surface area (Å²) in [6.45, 7) is 0. The molecule has 6 aromatic carbocycles.